The van der Waals surface area contributed by atoms with E-state index in [1.807, 2.05) is 19.0 Å². The summed E-state index contributed by atoms with van der Waals surface area (Å²) in [6.45, 7) is 2.31. The number of alkyl halides is 3. The number of halogens is 3. The molecule has 0 saturated carbocycles. The van der Waals surface area contributed by atoms with Gasteiger partial charge >= 0.3 is 12.2 Å². The molecule has 0 radical (unpaired) electrons. The first kappa shape index (κ1) is 20.3. The van der Waals surface area contributed by atoms with Gasteiger partial charge in [-0.3, -0.25) is 0 Å². The molecule has 7 nitrogen and oxygen atoms in total. The number of amides is 2. The van der Waals surface area contributed by atoms with Crippen LogP contribution in [0.3, 0.4) is 0 Å². The summed E-state index contributed by atoms with van der Waals surface area (Å²) in [4.78, 5) is 22.2. The average Bonchev–Trinajstić information content (AvgIpc) is 2.58. The quantitative estimate of drug-likeness (QED) is 0.669. The van der Waals surface area contributed by atoms with E-state index in [-0.39, 0.29) is 12.2 Å². The molecule has 2 rings (SSSR count). The van der Waals surface area contributed by atoms with Gasteiger partial charge in [-0.05, 0) is 19.1 Å². The zero-order chi connectivity index (χ0) is 20.0. The van der Waals surface area contributed by atoms with Crippen molar-refractivity contribution in [3.8, 4) is 0 Å². The van der Waals surface area contributed by atoms with Crippen LogP contribution in [0.4, 0.5) is 35.3 Å². The van der Waals surface area contributed by atoms with Gasteiger partial charge in [0.2, 0.25) is 0 Å². The summed E-state index contributed by atoms with van der Waals surface area (Å²) >= 11 is 0. The summed E-state index contributed by atoms with van der Waals surface area (Å²) in [6.07, 6.45) is -4.54. The van der Waals surface area contributed by atoms with Gasteiger partial charge in [-0.25, -0.2) is 14.8 Å². The van der Waals surface area contributed by atoms with E-state index in [2.05, 4.69) is 25.9 Å². The van der Waals surface area contributed by atoms with Crippen molar-refractivity contribution in [1.29, 1.82) is 0 Å². The van der Waals surface area contributed by atoms with Crippen LogP contribution < -0.4 is 20.9 Å². The number of urea groups is 1. The Balaban J connectivity index is 1.86. The van der Waals surface area contributed by atoms with Gasteiger partial charge in [0, 0.05) is 33.3 Å². The highest BCUT2D eigenvalue weighted by Gasteiger charge is 2.33. The van der Waals surface area contributed by atoms with Crippen LogP contribution in [0.1, 0.15) is 11.4 Å². The molecule has 0 bridgehead atoms. The number of anilines is 3. The van der Waals surface area contributed by atoms with Crippen molar-refractivity contribution in [3.63, 3.8) is 0 Å². The Kier molecular flexibility index (Phi) is 6.43. The molecule has 146 valence electrons. The zero-order valence-corrected chi connectivity index (χ0v) is 15.2. The fraction of sp³-hybridized carbons (Fsp3) is 0.353. The Labute approximate surface area is 155 Å². The third kappa shape index (κ3) is 6.01. The minimum absolute atomic E-state index is 0.195. The lowest BCUT2D eigenvalue weighted by Gasteiger charge is -2.15. The van der Waals surface area contributed by atoms with Crippen LogP contribution in [-0.4, -0.2) is 43.2 Å². The van der Waals surface area contributed by atoms with Crippen LogP contribution in [0, 0.1) is 6.92 Å². The maximum Gasteiger partial charge on any atom is 0.418 e. The molecule has 0 atom stereocenters. The Morgan fingerprint density at radius 2 is 1.85 bits per heavy atom. The van der Waals surface area contributed by atoms with Crippen LogP contribution in [0.25, 0.3) is 0 Å². The number of nitrogens with zero attached hydrogens (tertiary/aromatic N) is 3. The van der Waals surface area contributed by atoms with Crippen molar-refractivity contribution >= 4 is 23.4 Å². The van der Waals surface area contributed by atoms with Gasteiger partial charge in [-0.15, -0.1) is 0 Å². The van der Waals surface area contributed by atoms with Crippen LogP contribution in [0.2, 0.25) is 0 Å². The molecule has 10 heteroatoms. The van der Waals surface area contributed by atoms with E-state index in [0.717, 1.165) is 11.9 Å². The van der Waals surface area contributed by atoms with Gasteiger partial charge in [-0.1, -0.05) is 12.1 Å². The summed E-state index contributed by atoms with van der Waals surface area (Å²) in [5.41, 5.74) is -1.19. The molecule has 1 aromatic carbocycles. The molecule has 2 aromatic rings. The lowest BCUT2D eigenvalue weighted by molar-refractivity contribution is -0.136. The molecule has 0 fully saturated rings. The smallest absolute Gasteiger partial charge is 0.368 e. The molecule has 3 N–H and O–H groups in total. The number of hydrogen-bond acceptors (Lipinski definition) is 5. The number of nitrogens with one attached hydrogen (secondary N) is 3. The number of aromatic nitrogens is 2. The first-order valence-electron chi connectivity index (χ1n) is 8.15. The molecule has 0 unspecified atom stereocenters. The molecule has 1 heterocycles. The zero-order valence-electron chi connectivity index (χ0n) is 15.2. The summed E-state index contributed by atoms with van der Waals surface area (Å²) in [5.74, 6) is 1.92. The third-order valence-corrected chi connectivity index (χ3v) is 3.48. The number of rotatable bonds is 6. The summed E-state index contributed by atoms with van der Waals surface area (Å²) in [7, 11) is 3.71. The molecular weight excluding hydrogens is 361 g/mol. The molecular formula is C17H21F3N6O. The summed E-state index contributed by atoms with van der Waals surface area (Å²) in [5, 5.41) is 7.75. The second-order valence-electron chi connectivity index (χ2n) is 5.90. The Morgan fingerprint density at radius 1 is 1.15 bits per heavy atom. The molecule has 1 aromatic heterocycles. The molecule has 0 saturated heterocycles. The van der Waals surface area contributed by atoms with Crippen LogP contribution in [-0.2, 0) is 6.18 Å². The lowest BCUT2D eigenvalue weighted by Crippen LogP contribution is -2.33. The number of hydrogen-bond donors (Lipinski definition) is 3. The molecule has 0 spiro atoms. The second kappa shape index (κ2) is 8.56. The maximum atomic E-state index is 12.9. The van der Waals surface area contributed by atoms with Crippen molar-refractivity contribution in [2.24, 2.45) is 0 Å². The summed E-state index contributed by atoms with van der Waals surface area (Å²) < 4.78 is 38.8. The van der Waals surface area contributed by atoms with Crippen molar-refractivity contribution in [2.75, 3.05) is 42.7 Å². The average molecular weight is 382 g/mol. The van der Waals surface area contributed by atoms with Crippen LogP contribution >= 0.6 is 0 Å². The number of benzene rings is 1. The predicted molar refractivity (Wildman–Crippen MR) is 98.1 cm³/mol. The standard InChI is InChI=1S/C17H21F3N6O/c1-11-23-14(10-15(24-11)26(2)3)21-8-9-22-16(27)25-13-7-5-4-6-12(13)17(18,19)20/h4-7,10H,8-9H2,1-3H3,(H,21,23,24)(H2,22,25,27). The molecule has 27 heavy (non-hydrogen) atoms. The lowest BCUT2D eigenvalue weighted by atomic mass is 10.1. The molecule has 2 amide bonds. The van der Waals surface area contributed by atoms with Crippen LogP contribution in [0.15, 0.2) is 30.3 Å². The maximum absolute atomic E-state index is 12.9. The number of carbonyl (C=O) groups excluding carboxylic acids is 1. The Bertz CT molecular complexity index is 794. The van der Waals surface area contributed by atoms with Crippen molar-refractivity contribution in [2.45, 2.75) is 13.1 Å². The normalized spacial score (nSPS) is 11.0. The Hall–Kier alpha value is -3.04. The van der Waals surface area contributed by atoms with Gasteiger partial charge < -0.3 is 20.9 Å². The van der Waals surface area contributed by atoms with Gasteiger partial charge in [0.25, 0.3) is 0 Å². The van der Waals surface area contributed by atoms with E-state index in [0.29, 0.717) is 18.2 Å². The van der Waals surface area contributed by atoms with Crippen molar-refractivity contribution in [1.82, 2.24) is 15.3 Å². The van der Waals surface area contributed by atoms with Gasteiger partial charge in [0.15, 0.2) is 0 Å². The van der Waals surface area contributed by atoms with Crippen molar-refractivity contribution < 1.29 is 18.0 Å². The fourth-order valence-corrected chi connectivity index (χ4v) is 2.24. The number of para-hydroxylation sites is 1. The number of aryl methyl sites for hydroxylation is 1. The van der Waals surface area contributed by atoms with E-state index in [4.69, 9.17) is 0 Å². The second-order valence-corrected chi connectivity index (χ2v) is 5.90. The highest BCUT2D eigenvalue weighted by molar-refractivity contribution is 5.90. The summed E-state index contributed by atoms with van der Waals surface area (Å²) in [6, 6.07) is 5.84. The monoisotopic (exact) mass is 382 g/mol. The van der Waals surface area contributed by atoms with Gasteiger partial charge in [-0.2, -0.15) is 13.2 Å². The Morgan fingerprint density at radius 3 is 2.52 bits per heavy atom. The number of carbonyl (C=O) groups is 1. The minimum Gasteiger partial charge on any atom is -0.368 e. The van der Waals surface area contributed by atoms with E-state index in [1.54, 1.807) is 13.0 Å². The molecule has 0 aliphatic heterocycles. The third-order valence-electron chi connectivity index (χ3n) is 3.48. The van der Waals surface area contributed by atoms with E-state index >= 15 is 0 Å². The fourth-order valence-electron chi connectivity index (χ4n) is 2.24. The largest absolute Gasteiger partial charge is 0.418 e. The van der Waals surface area contributed by atoms with E-state index in [1.165, 1.54) is 18.2 Å². The predicted octanol–water partition coefficient (Wildman–Crippen LogP) is 3.10. The van der Waals surface area contributed by atoms with Gasteiger partial charge in [0.1, 0.15) is 17.5 Å². The molecule has 0 aliphatic rings. The van der Waals surface area contributed by atoms with Crippen LogP contribution in [0.5, 0.6) is 0 Å². The topological polar surface area (TPSA) is 82.2 Å². The molecule has 0 aliphatic carbocycles. The van der Waals surface area contributed by atoms with E-state index < -0.39 is 17.8 Å². The van der Waals surface area contributed by atoms with Gasteiger partial charge in [0.05, 0.1) is 11.3 Å². The first-order valence-corrected chi connectivity index (χ1v) is 8.15. The highest BCUT2D eigenvalue weighted by atomic mass is 19.4. The SMILES string of the molecule is Cc1nc(NCCNC(=O)Nc2ccccc2C(F)(F)F)cc(N(C)C)n1. The van der Waals surface area contributed by atoms with Crippen molar-refractivity contribution in [3.05, 3.63) is 41.7 Å². The highest BCUT2D eigenvalue weighted by Crippen LogP contribution is 2.34. The first-order chi connectivity index (χ1) is 12.7. The van der Waals surface area contributed by atoms with E-state index in [9.17, 15) is 18.0 Å². The minimum atomic E-state index is -4.54.